The Morgan fingerprint density at radius 1 is 1.40 bits per heavy atom. The van der Waals surface area contributed by atoms with Crippen molar-refractivity contribution < 1.29 is 13.2 Å². The van der Waals surface area contributed by atoms with Gasteiger partial charge in [-0.25, -0.2) is 9.97 Å². The van der Waals surface area contributed by atoms with Gasteiger partial charge in [-0.1, -0.05) is 11.8 Å². The fraction of sp³-hybridized carbons (Fsp3) is 0.200. The normalized spacial score (nSPS) is 11.6. The number of H-pyrrole nitrogens is 1. The van der Waals surface area contributed by atoms with E-state index in [1.807, 2.05) is 0 Å². The van der Waals surface area contributed by atoms with Gasteiger partial charge in [0.2, 0.25) is 0 Å². The molecule has 0 bridgehead atoms. The van der Waals surface area contributed by atoms with Crippen LogP contribution in [0.2, 0.25) is 0 Å². The van der Waals surface area contributed by atoms with Gasteiger partial charge in [0.15, 0.2) is 0 Å². The number of nitriles is 1. The van der Waals surface area contributed by atoms with Gasteiger partial charge in [-0.05, 0) is 24.4 Å². The topological polar surface area (TPSA) is 82.4 Å². The summed E-state index contributed by atoms with van der Waals surface area (Å²) in [5, 5.41) is 10.8. The van der Waals surface area contributed by atoms with Gasteiger partial charge in [-0.2, -0.15) is 18.4 Å². The molecule has 128 valence electrons. The second-order valence-electron chi connectivity index (χ2n) is 5.04. The Balaban J connectivity index is 1.96. The van der Waals surface area contributed by atoms with E-state index in [-0.39, 0.29) is 22.0 Å². The second-order valence-corrected chi connectivity index (χ2v) is 6.92. The second kappa shape index (κ2) is 6.50. The molecule has 0 radical (unpaired) electrons. The van der Waals surface area contributed by atoms with Crippen molar-refractivity contribution in [3.63, 3.8) is 0 Å². The van der Waals surface area contributed by atoms with Crippen molar-refractivity contribution in [2.24, 2.45) is 0 Å². The number of thioether (sulfide) groups is 1. The van der Waals surface area contributed by atoms with Gasteiger partial charge in [0.1, 0.15) is 21.6 Å². The van der Waals surface area contributed by atoms with Gasteiger partial charge in [-0.3, -0.25) is 4.79 Å². The number of hydrogen-bond acceptors (Lipinski definition) is 6. The number of fused-ring (bicyclic) bond motifs is 1. The Kier molecular flexibility index (Phi) is 4.53. The van der Waals surface area contributed by atoms with E-state index < -0.39 is 17.3 Å². The van der Waals surface area contributed by atoms with Crippen LogP contribution in [-0.4, -0.2) is 15.0 Å². The highest BCUT2D eigenvalue weighted by atomic mass is 32.2. The lowest BCUT2D eigenvalue weighted by molar-refractivity contribution is -0.138. The first-order valence-electron chi connectivity index (χ1n) is 6.87. The molecule has 0 aromatic carbocycles. The number of nitrogens with one attached hydrogen (secondary N) is 1. The molecule has 0 aliphatic heterocycles. The maximum atomic E-state index is 13.1. The molecule has 3 aromatic heterocycles. The smallest absolute Gasteiger partial charge is 0.309 e. The van der Waals surface area contributed by atoms with E-state index in [1.165, 1.54) is 18.3 Å². The summed E-state index contributed by atoms with van der Waals surface area (Å²) in [5.74, 6) is 0.394. The van der Waals surface area contributed by atoms with Crippen LogP contribution in [0.25, 0.3) is 10.2 Å². The Hall–Kier alpha value is -2.38. The Morgan fingerprint density at radius 3 is 2.84 bits per heavy atom. The van der Waals surface area contributed by atoms with Crippen molar-refractivity contribution in [2.75, 3.05) is 0 Å². The highest BCUT2D eigenvalue weighted by molar-refractivity contribution is 7.98. The van der Waals surface area contributed by atoms with E-state index in [2.05, 4.69) is 15.0 Å². The number of halogens is 3. The molecule has 1 N–H and O–H groups in total. The average Bonchev–Trinajstić information content (AvgIpc) is 3.00. The van der Waals surface area contributed by atoms with Crippen LogP contribution in [0.3, 0.4) is 0 Å². The minimum absolute atomic E-state index is 0.0390. The first-order valence-corrected chi connectivity index (χ1v) is 8.74. The quantitative estimate of drug-likeness (QED) is 0.696. The number of aryl methyl sites for hydroxylation is 1. The summed E-state index contributed by atoms with van der Waals surface area (Å²) >= 11 is 2.18. The molecule has 0 aliphatic rings. The summed E-state index contributed by atoms with van der Waals surface area (Å²) < 4.78 is 39.8. The zero-order chi connectivity index (χ0) is 18.2. The van der Waals surface area contributed by atoms with E-state index in [4.69, 9.17) is 5.26 Å². The standard InChI is InChI=1S/C15H9F3N4OS2/c1-7-4-9(15(16,17)18)8(5-19)14(20-7)25-6-11-21-10-2-3-24-12(10)13(23)22-11/h2-4H,6H2,1H3,(H,21,22,23). The van der Waals surface area contributed by atoms with E-state index >= 15 is 0 Å². The maximum Gasteiger partial charge on any atom is 0.417 e. The summed E-state index contributed by atoms with van der Waals surface area (Å²) in [4.78, 5) is 22.8. The van der Waals surface area contributed by atoms with Crippen molar-refractivity contribution in [3.05, 3.63) is 50.5 Å². The van der Waals surface area contributed by atoms with Crippen LogP contribution in [0.1, 0.15) is 22.6 Å². The lowest BCUT2D eigenvalue weighted by atomic mass is 10.1. The molecule has 3 aromatic rings. The molecule has 0 spiro atoms. The van der Waals surface area contributed by atoms with Crippen LogP contribution in [0.4, 0.5) is 13.2 Å². The lowest BCUT2D eigenvalue weighted by Crippen LogP contribution is -2.11. The van der Waals surface area contributed by atoms with Crippen LogP contribution < -0.4 is 5.56 Å². The van der Waals surface area contributed by atoms with Crippen molar-refractivity contribution in [1.29, 1.82) is 5.26 Å². The third kappa shape index (κ3) is 3.52. The Morgan fingerprint density at radius 2 is 2.16 bits per heavy atom. The molecule has 0 unspecified atom stereocenters. The fourth-order valence-electron chi connectivity index (χ4n) is 2.21. The molecule has 10 heteroatoms. The molecule has 3 rings (SSSR count). The van der Waals surface area contributed by atoms with E-state index in [9.17, 15) is 18.0 Å². The monoisotopic (exact) mass is 382 g/mol. The van der Waals surface area contributed by atoms with Crippen LogP contribution in [0, 0.1) is 18.3 Å². The molecular weight excluding hydrogens is 373 g/mol. The molecule has 25 heavy (non-hydrogen) atoms. The fourth-order valence-corrected chi connectivity index (χ4v) is 3.85. The van der Waals surface area contributed by atoms with Crippen LogP contribution in [0.5, 0.6) is 0 Å². The number of alkyl halides is 3. The van der Waals surface area contributed by atoms with Crippen molar-refractivity contribution in [2.45, 2.75) is 23.9 Å². The lowest BCUT2D eigenvalue weighted by Gasteiger charge is -2.12. The van der Waals surface area contributed by atoms with E-state index in [0.29, 0.717) is 16.0 Å². The number of aromatic amines is 1. The minimum Gasteiger partial charge on any atom is -0.309 e. The first-order chi connectivity index (χ1) is 11.8. The third-order valence-corrected chi connectivity index (χ3v) is 5.13. The predicted molar refractivity (Wildman–Crippen MR) is 88.5 cm³/mol. The van der Waals surface area contributed by atoms with Crippen LogP contribution in [0.15, 0.2) is 27.3 Å². The molecule has 3 heterocycles. The average molecular weight is 382 g/mol. The van der Waals surface area contributed by atoms with Gasteiger partial charge < -0.3 is 4.98 Å². The van der Waals surface area contributed by atoms with Gasteiger partial charge in [0, 0.05) is 5.69 Å². The third-order valence-electron chi connectivity index (χ3n) is 3.24. The minimum atomic E-state index is -4.64. The number of rotatable bonds is 3. The summed E-state index contributed by atoms with van der Waals surface area (Å²) in [7, 11) is 0. The molecule has 0 saturated carbocycles. The number of thiophene rings is 1. The summed E-state index contributed by atoms with van der Waals surface area (Å²) in [6, 6.07) is 4.12. The number of hydrogen-bond donors (Lipinski definition) is 1. The Labute approximate surface area is 147 Å². The molecule has 0 atom stereocenters. The van der Waals surface area contributed by atoms with E-state index in [1.54, 1.807) is 17.5 Å². The van der Waals surface area contributed by atoms with Crippen molar-refractivity contribution in [3.8, 4) is 6.07 Å². The maximum absolute atomic E-state index is 13.1. The summed E-state index contributed by atoms with van der Waals surface area (Å²) in [6.07, 6.45) is -4.64. The van der Waals surface area contributed by atoms with Gasteiger partial charge in [-0.15, -0.1) is 11.3 Å². The van der Waals surface area contributed by atoms with Crippen LogP contribution in [-0.2, 0) is 11.9 Å². The molecule has 0 aliphatic carbocycles. The molecule has 5 nitrogen and oxygen atoms in total. The molecule has 0 amide bonds. The molecule has 0 saturated heterocycles. The molecular formula is C15H9F3N4OS2. The number of nitrogens with zero attached hydrogens (tertiary/aromatic N) is 3. The highest BCUT2D eigenvalue weighted by Crippen LogP contribution is 2.36. The van der Waals surface area contributed by atoms with Gasteiger partial charge >= 0.3 is 6.18 Å². The SMILES string of the molecule is Cc1cc(C(F)(F)F)c(C#N)c(SCc2nc3ccsc3c(=O)[nH]2)n1. The number of aromatic nitrogens is 3. The van der Waals surface area contributed by atoms with Crippen molar-refractivity contribution in [1.82, 2.24) is 15.0 Å². The summed E-state index contributed by atoms with van der Waals surface area (Å²) in [5.41, 5.74) is -1.16. The highest BCUT2D eigenvalue weighted by Gasteiger charge is 2.35. The molecule has 0 fully saturated rings. The Bertz CT molecular complexity index is 1050. The largest absolute Gasteiger partial charge is 0.417 e. The van der Waals surface area contributed by atoms with Crippen molar-refractivity contribution >= 4 is 33.3 Å². The van der Waals surface area contributed by atoms with Gasteiger partial charge in [0.05, 0.1) is 22.4 Å². The number of pyridine rings is 1. The van der Waals surface area contributed by atoms with E-state index in [0.717, 1.165) is 17.8 Å². The van der Waals surface area contributed by atoms with Crippen LogP contribution >= 0.6 is 23.1 Å². The first kappa shape index (κ1) is 17.4. The predicted octanol–water partition coefficient (Wildman–Crippen LogP) is 3.87. The zero-order valence-electron chi connectivity index (χ0n) is 12.6. The summed E-state index contributed by atoms with van der Waals surface area (Å²) in [6.45, 7) is 1.43. The zero-order valence-corrected chi connectivity index (χ0v) is 14.3. The van der Waals surface area contributed by atoms with Gasteiger partial charge in [0.25, 0.3) is 5.56 Å².